The molecule has 1 heterocycles. The Balaban J connectivity index is 1.91. The SMILES string of the molecule is CCNC(=NCCCN1CCCC1C(=O)N(C)C)Nc1ccc(OC)c(OC)c1. The molecule has 8 nitrogen and oxygen atoms in total. The number of rotatable bonds is 9. The third-order valence-electron chi connectivity index (χ3n) is 4.95. The van der Waals surface area contributed by atoms with Gasteiger partial charge in [-0.15, -0.1) is 0 Å². The lowest BCUT2D eigenvalue weighted by atomic mass is 10.2. The highest BCUT2D eigenvalue weighted by Gasteiger charge is 2.30. The summed E-state index contributed by atoms with van der Waals surface area (Å²) >= 11 is 0. The quantitative estimate of drug-likeness (QED) is 0.372. The number of nitrogens with one attached hydrogen (secondary N) is 2. The zero-order chi connectivity index (χ0) is 21.2. The molecule has 0 aromatic heterocycles. The van der Waals surface area contributed by atoms with E-state index in [1.807, 2.05) is 39.2 Å². The minimum Gasteiger partial charge on any atom is -0.493 e. The topological polar surface area (TPSA) is 78.4 Å². The summed E-state index contributed by atoms with van der Waals surface area (Å²) in [7, 11) is 6.89. The largest absolute Gasteiger partial charge is 0.493 e. The molecule has 8 heteroatoms. The van der Waals surface area contributed by atoms with E-state index in [0.717, 1.165) is 50.5 Å². The van der Waals surface area contributed by atoms with Gasteiger partial charge < -0.3 is 25.0 Å². The van der Waals surface area contributed by atoms with Crippen LogP contribution >= 0.6 is 0 Å². The first kappa shape index (κ1) is 22.8. The number of aliphatic imine (C=N–C) groups is 1. The predicted molar refractivity (Wildman–Crippen MR) is 117 cm³/mol. The van der Waals surface area contributed by atoms with Gasteiger partial charge >= 0.3 is 0 Å². The summed E-state index contributed by atoms with van der Waals surface area (Å²) in [6.45, 7) is 5.35. The van der Waals surface area contributed by atoms with E-state index in [2.05, 4.69) is 20.5 Å². The molecule has 0 aliphatic carbocycles. The Hall–Kier alpha value is -2.48. The fourth-order valence-corrected chi connectivity index (χ4v) is 3.49. The van der Waals surface area contributed by atoms with E-state index in [4.69, 9.17) is 9.47 Å². The maximum atomic E-state index is 12.3. The number of benzene rings is 1. The summed E-state index contributed by atoms with van der Waals surface area (Å²) in [5, 5.41) is 6.57. The Morgan fingerprint density at radius 1 is 1.28 bits per heavy atom. The first-order chi connectivity index (χ1) is 14.0. The Morgan fingerprint density at radius 3 is 2.69 bits per heavy atom. The molecule has 0 bridgehead atoms. The summed E-state index contributed by atoms with van der Waals surface area (Å²) in [4.78, 5) is 20.9. The van der Waals surface area contributed by atoms with Crippen LogP contribution in [0.1, 0.15) is 26.2 Å². The van der Waals surface area contributed by atoms with Crippen LogP contribution in [0.3, 0.4) is 0 Å². The van der Waals surface area contributed by atoms with Crippen molar-refractivity contribution in [1.29, 1.82) is 0 Å². The molecule has 0 spiro atoms. The van der Waals surface area contributed by atoms with Gasteiger partial charge in [-0.25, -0.2) is 0 Å². The number of guanidine groups is 1. The van der Waals surface area contributed by atoms with Gasteiger partial charge in [0, 0.05) is 45.5 Å². The van der Waals surface area contributed by atoms with Crippen LogP contribution in [0.5, 0.6) is 11.5 Å². The number of ether oxygens (including phenoxy) is 2. The number of hydrogen-bond donors (Lipinski definition) is 2. The van der Waals surface area contributed by atoms with E-state index in [0.29, 0.717) is 18.0 Å². The van der Waals surface area contributed by atoms with Gasteiger partial charge in [-0.1, -0.05) is 0 Å². The second kappa shape index (κ2) is 11.5. The third kappa shape index (κ3) is 6.52. The average Bonchev–Trinajstić information content (AvgIpc) is 3.18. The second-order valence-electron chi connectivity index (χ2n) is 7.24. The van der Waals surface area contributed by atoms with Crippen LogP contribution in [0, 0.1) is 0 Å². The van der Waals surface area contributed by atoms with Crippen LogP contribution in [0.25, 0.3) is 0 Å². The van der Waals surface area contributed by atoms with Crippen molar-refractivity contribution in [2.75, 3.05) is 59.8 Å². The van der Waals surface area contributed by atoms with Crippen LogP contribution < -0.4 is 20.1 Å². The number of nitrogens with zero attached hydrogens (tertiary/aromatic N) is 3. The number of anilines is 1. The van der Waals surface area contributed by atoms with Crippen molar-refractivity contribution in [3.8, 4) is 11.5 Å². The van der Waals surface area contributed by atoms with Crippen LogP contribution in [0.4, 0.5) is 5.69 Å². The van der Waals surface area contributed by atoms with Crippen molar-refractivity contribution in [3.63, 3.8) is 0 Å². The van der Waals surface area contributed by atoms with Gasteiger partial charge in [0.1, 0.15) is 0 Å². The second-order valence-corrected chi connectivity index (χ2v) is 7.24. The van der Waals surface area contributed by atoms with E-state index in [1.54, 1.807) is 19.1 Å². The van der Waals surface area contributed by atoms with E-state index >= 15 is 0 Å². The van der Waals surface area contributed by atoms with Crippen molar-refractivity contribution in [2.45, 2.75) is 32.2 Å². The van der Waals surface area contributed by atoms with Crippen molar-refractivity contribution in [2.24, 2.45) is 4.99 Å². The highest BCUT2D eigenvalue weighted by Crippen LogP contribution is 2.29. The Bertz CT molecular complexity index is 693. The van der Waals surface area contributed by atoms with Crippen molar-refractivity contribution in [3.05, 3.63) is 18.2 Å². The summed E-state index contributed by atoms with van der Waals surface area (Å²) in [5.74, 6) is 2.28. The lowest BCUT2D eigenvalue weighted by Crippen LogP contribution is -2.43. The maximum absolute atomic E-state index is 12.3. The number of methoxy groups -OCH3 is 2. The molecule has 1 atom stereocenters. The zero-order valence-corrected chi connectivity index (χ0v) is 18.3. The molecule has 29 heavy (non-hydrogen) atoms. The van der Waals surface area contributed by atoms with Crippen LogP contribution in [-0.4, -0.2) is 82.2 Å². The molecule has 1 aliphatic heterocycles. The monoisotopic (exact) mass is 405 g/mol. The molecule has 1 unspecified atom stereocenters. The number of likely N-dealkylation sites (tertiary alicyclic amines) is 1. The van der Waals surface area contributed by atoms with Crippen molar-refractivity contribution < 1.29 is 14.3 Å². The van der Waals surface area contributed by atoms with E-state index in [-0.39, 0.29) is 11.9 Å². The molecule has 1 saturated heterocycles. The fourth-order valence-electron chi connectivity index (χ4n) is 3.49. The Morgan fingerprint density at radius 2 is 2.03 bits per heavy atom. The van der Waals surface area contributed by atoms with Crippen LogP contribution in [0.15, 0.2) is 23.2 Å². The molecule has 2 N–H and O–H groups in total. The van der Waals surface area contributed by atoms with Crippen molar-refractivity contribution in [1.82, 2.24) is 15.1 Å². The molecule has 0 saturated carbocycles. The summed E-state index contributed by atoms with van der Waals surface area (Å²) in [6.07, 6.45) is 2.93. The Kier molecular flexibility index (Phi) is 9.05. The first-order valence-electron chi connectivity index (χ1n) is 10.2. The van der Waals surface area contributed by atoms with Gasteiger partial charge in [0.25, 0.3) is 0 Å². The normalized spacial score (nSPS) is 17.1. The fraction of sp³-hybridized carbons (Fsp3) is 0.619. The first-order valence-corrected chi connectivity index (χ1v) is 10.2. The van der Waals surface area contributed by atoms with Gasteiger partial charge in [0.2, 0.25) is 5.91 Å². The number of carbonyl (C=O) groups is 1. The number of carbonyl (C=O) groups excluding carboxylic acids is 1. The van der Waals surface area contributed by atoms with Crippen molar-refractivity contribution >= 4 is 17.6 Å². The molecule has 1 amide bonds. The van der Waals surface area contributed by atoms with E-state index < -0.39 is 0 Å². The van der Waals surface area contributed by atoms with Crippen LogP contribution in [0.2, 0.25) is 0 Å². The number of hydrogen-bond acceptors (Lipinski definition) is 5. The van der Waals surface area contributed by atoms with E-state index in [1.165, 1.54) is 0 Å². The zero-order valence-electron chi connectivity index (χ0n) is 18.3. The smallest absolute Gasteiger partial charge is 0.239 e. The average molecular weight is 406 g/mol. The highest BCUT2D eigenvalue weighted by atomic mass is 16.5. The molecule has 1 aliphatic rings. The van der Waals surface area contributed by atoms with Gasteiger partial charge in [-0.3, -0.25) is 14.7 Å². The van der Waals surface area contributed by atoms with Gasteiger partial charge in [-0.05, 0) is 44.9 Å². The maximum Gasteiger partial charge on any atom is 0.239 e. The van der Waals surface area contributed by atoms with Gasteiger partial charge in [0.05, 0.1) is 20.3 Å². The molecule has 1 aromatic rings. The number of amides is 1. The summed E-state index contributed by atoms with van der Waals surface area (Å²) < 4.78 is 10.6. The minimum atomic E-state index is 0.0205. The number of likely N-dealkylation sites (N-methyl/N-ethyl adjacent to an activating group) is 1. The highest BCUT2D eigenvalue weighted by molar-refractivity contribution is 5.93. The predicted octanol–water partition coefficient (Wildman–Crippen LogP) is 2.02. The standard InChI is InChI=1S/C21H35N5O3/c1-6-22-21(24-16-10-11-18(28-4)19(15-16)29-5)23-12-8-14-26-13-7-9-17(26)20(27)25(2)3/h10-11,15,17H,6-9,12-14H2,1-5H3,(H2,22,23,24). The van der Waals surface area contributed by atoms with Gasteiger partial charge in [-0.2, -0.15) is 0 Å². The third-order valence-corrected chi connectivity index (χ3v) is 4.95. The summed E-state index contributed by atoms with van der Waals surface area (Å²) in [5.41, 5.74) is 0.874. The minimum absolute atomic E-state index is 0.0205. The molecule has 162 valence electrons. The molecule has 1 fully saturated rings. The molecule has 2 rings (SSSR count). The van der Waals surface area contributed by atoms with E-state index in [9.17, 15) is 4.79 Å². The molecular weight excluding hydrogens is 370 g/mol. The molecular formula is C21H35N5O3. The lowest BCUT2D eigenvalue weighted by molar-refractivity contribution is -0.133. The molecule has 0 radical (unpaired) electrons. The lowest BCUT2D eigenvalue weighted by Gasteiger charge is -2.25. The molecule has 1 aromatic carbocycles. The summed E-state index contributed by atoms with van der Waals surface area (Å²) in [6, 6.07) is 5.69. The van der Waals surface area contributed by atoms with Crippen LogP contribution in [-0.2, 0) is 4.79 Å². The van der Waals surface area contributed by atoms with Gasteiger partial charge in [0.15, 0.2) is 17.5 Å². The Labute approximate surface area is 174 Å².